The first-order valence-electron chi connectivity index (χ1n) is 8.54. The Morgan fingerprint density at radius 2 is 2.19 bits per heavy atom. The fourth-order valence-electron chi connectivity index (χ4n) is 3.43. The first-order valence-corrected chi connectivity index (χ1v) is 8.54. The van der Waals surface area contributed by atoms with Crippen LogP contribution in [0.2, 0.25) is 0 Å². The first-order chi connectivity index (χ1) is 12.7. The van der Waals surface area contributed by atoms with Crippen molar-refractivity contribution in [1.82, 2.24) is 24.5 Å². The third-order valence-electron chi connectivity index (χ3n) is 4.64. The standard InChI is InChI=1S/C18H20N6O2/c1-26-15-5-3-2-4-14(15)24-18(21-17(22-24)11-16(19)25)12-7-9-23-13(10-12)6-8-20-23/h2-6,8,12H,7,9-11H2,1H3,(H2,19,25). The summed E-state index contributed by atoms with van der Waals surface area (Å²) in [7, 11) is 1.62. The van der Waals surface area contributed by atoms with E-state index in [2.05, 4.69) is 15.2 Å². The number of nitrogens with two attached hydrogens (primary N) is 1. The van der Waals surface area contributed by atoms with Crippen LogP contribution in [0, 0.1) is 0 Å². The molecular weight excluding hydrogens is 332 g/mol. The largest absolute Gasteiger partial charge is 0.494 e. The average Bonchev–Trinajstić information content (AvgIpc) is 3.27. The third-order valence-corrected chi connectivity index (χ3v) is 4.64. The molecule has 8 heteroatoms. The Morgan fingerprint density at radius 1 is 1.35 bits per heavy atom. The van der Waals surface area contributed by atoms with Crippen LogP contribution in [0.1, 0.15) is 29.7 Å². The van der Waals surface area contributed by atoms with E-state index in [0.29, 0.717) is 11.6 Å². The van der Waals surface area contributed by atoms with Crippen molar-refractivity contribution < 1.29 is 9.53 Å². The van der Waals surface area contributed by atoms with E-state index in [1.54, 1.807) is 11.8 Å². The number of rotatable bonds is 5. The highest BCUT2D eigenvalue weighted by Crippen LogP contribution is 2.31. The molecule has 4 rings (SSSR count). The number of hydrogen-bond acceptors (Lipinski definition) is 5. The van der Waals surface area contributed by atoms with E-state index >= 15 is 0 Å². The average molecular weight is 352 g/mol. The van der Waals surface area contributed by atoms with Crippen molar-refractivity contribution in [3.8, 4) is 11.4 Å². The Morgan fingerprint density at radius 3 is 3.00 bits per heavy atom. The van der Waals surface area contributed by atoms with Crippen LogP contribution in [0.5, 0.6) is 5.75 Å². The number of methoxy groups -OCH3 is 1. The van der Waals surface area contributed by atoms with Crippen LogP contribution in [-0.4, -0.2) is 37.6 Å². The van der Waals surface area contributed by atoms with Gasteiger partial charge in [-0.25, -0.2) is 9.67 Å². The fourth-order valence-corrected chi connectivity index (χ4v) is 3.43. The summed E-state index contributed by atoms with van der Waals surface area (Å²) in [6.07, 6.45) is 3.56. The van der Waals surface area contributed by atoms with Crippen molar-refractivity contribution >= 4 is 5.91 Å². The summed E-state index contributed by atoms with van der Waals surface area (Å²) in [6.45, 7) is 0.830. The number of primary amides is 1. The zero-order valence-corrected chi connectivity index (χ0v) is 14.5. The van der Waals surface area contributed by atoms with Gasteiger partial charge in [-0.2, -0.15) is 10.2 Å². The van der Waals surface area contributed by atoms with Crippen LogP contribution in [0.15, 0.2) is 36.5 Å². The van der Waals surface area contributed by atoms with E-state index < -0.39 is 5.91 Å². The summed E-state index contributed by atoms with van der Waals surface area (Å²) >= 11 is 0. The summed E-state index contributed by atoms with van der Waals surface area (Å²) in [5, 5.41) is 8.88. The van der Waals surface area contributed by atoms with Crippen molar-refractivity contribution in [1.29, 1.82) is 0 Å². The predicted octanol–water partition coefficient (Wildman–Crippen LogP) is 1.23. The molecule has 26 heavy (non-hydrogen) atoms. The van der Waals surface area contributed by atoms with Gasteiger partial charge in [-0.3, -0.25) is 9.48 Å². The van der Waals surface area contributed by atoms with Crippen molar-refractivity contribution in [2.45, 2.75) is 31.7 Å². The minimum absolute atomic E-state index is 0.0137. The SMILES string of the molecule is COc1ccccc1-n1nc(CC(N)=O)nc1C1CCn2nccc2C1. The number of para-hydroxylation sites is 2. The number of aromatic nitrogens is 5. The highest BCUT2D eigenvalue weighted by atomic mass is 16.5. The van der Waals surface area contributed by atoms with Crippen LogP contribution >= 0.6 is 0 Å². The van der Waals surface area contributed by atoms with Crippen LogP contribution < -0.4 is 10.5 Å². The number of carbonyl (C=O) groups is 1. The number of hydrogen-bond donors (Lipinski definition) is 1. The second-order valence-electron chi connectivity index (χ2n) is 6.35. The number of ether oxygens (including phenoxy) is 1. The van der Waals surface area contributed by atoms with Gasteiger partial charge in [0.2, 0.25) is 5.91 Å². The van der Waals surface area contributed by atoms with E-state index in [1.807, 2.05) is 41.2 Å². The molecule has 3 aromatic rings. The van der Waals surface area contributed by atoms with Crippen molar-refractivity contribution in [3.63, 3.8) is 0 Å². The lowest BCUT2D eigenvalue weighted by Gasteiger charge is -2.23. The molecule has 0 radical (unpaired) electrons. The number of fused-ring (bicyclic) bond motifs is 1. The fraction of sp³-hybridized carbons (Fsp3) is 0.333. The van der Waals surface area contributed by atoms with Gasteiger partial charge < -0.3 is 10.5 Å². The van der Waals surface area contributed by atoms with E-state index in [0.717, 1.165) is 30.9 Å². The summed E-state index contributed by atoms with van der Waals surface area (Å²) in [5.74, 6) is 1.68. The van der Waals surface area contributed by atoms with Crippen LogP contribution in [0.4, 0.5) is 0 Å². The molecule has 1 aliphatic heterocycles. The molecule has 1 atom stereocenters. The summed E-state index contributed by atoms with van der Waals surface area (Å²) in [4.78, 5) is 16.0. The molecule has 1 amide bonds. The van der Waals surface area contributed by atoms with E-state index in [9.17, 15) is 4.79 Å². The summed E-state index contributed by atoms with van der Waals surface area (Å²) in [6, 6.07) is 9.67. The minimum Gasteiger partial charge on any atom is -0.494 e. The lowest BCUT2D eigenvalue weighted by Crippen LogP contribution is -2.21. The molecule has 134 valence electrons. The van der Waals surface area contributed by atoms with E-state index in [1.165, 1.54) is 5.69 Å². The normalized spacial score (nSPS) is 16.3. The molecule has 0 saturated heterocycles. The maximum absolute atomic E-state index is 11.4. The van der Waals surface area contributed by atoms with Gasteiger partial charge in [-0.05, 0) is 31.0 Å². The quantitative estimate of drug-likeness (QED) is 0.744. The topological polar surface area (TPSA) is 101 Å². The molecule has 0 bridgehead atoms. The maximum atomic E-state index is 11.4. The third kappa shape index (κ3) is 2.94. The monoisotopic (exact) mass is 352 g/mol. The number of aryl methyl sites for hydroxylation is 1. The molecule has 2 aromatic heterocycles. The molecule has 0 aliphatic carbocycles. The first kappa shape index (κ1) is 16.3. The van der Waals surface area contributed by atoms with Crippen LogP contribution in [0.25, 0.3) is 5.69 Å². The Labute approximate surface area is 150 Å². The molecule has 0 fully saturated rings. The molecule has 3 heterocycles. The highest BCUT2D eigenvalue weighted by Gasteiger charge is 2.27. The molecule has 1 aliphatic rings. The lowest BCUT2D eigenvalue weighted by atomic mass is 9.95. The number of benzene rings is 1. The van der Waals surface area contributed by atoms with Gasteiger partial charge in [-0.1, -0.05) is 12.1 Å². The van der Waals surface area contributed by atoms with E-state index in [-0.39, 0.29) is 12.3 Å². The smallest absolute Gasteiger partial charge is 0.225 e. The van der Waals surface area contributed by atoms with Crippen molar-refractivity contribution in [2.75, 3.05) is 7.11 Å². The van der Waals surface area contributed by atoms with Crippen LogP contribution in [-0.2, 0) is 24.2 Å². The molecule has 2 N–H and O–H groups in total. The van der Waals surface area contributed by atoms with Crippen LogP contribution in [0.3, 0.4) is 0 Å². The molecule has 1 unspecified atom stereocenters. The minimum atomic E-state index is -0.449. The Bertz CT molecular complexity index is 945. The predicted molar refractivity (Wildman–Crippen MR) is 94.1 cm³/mol. The summed E-state index contributed by atoms with van der Waals surface area (Å²) < 4.78 is 9.29. The van der Waals surface area contributed by atoms with Gasteiger partial charge in [0, 0.05) is 24.4 Å². The van der Waals surface area contributed by atoms with Crippen molar-refractivity contribution in [3.05, 3.63) is 53.9 Å². The Kier molecular flexibility index (Phi) is 4.16. The Hall–Kier alpha value is -3.16. The van der Waals surface area contributed by atoms with Gasteiger partial charge in [0.05, 0.1) is 13.5 Å². The molecule has 1 aromatic carbocycles. The van der Waals surface area contributed by atoms with Gasteiger partial charge in [0.25, 0.3) is 0 Å². The zero-order valence-electron chi connectivity index (χ0n) is 14.5. The second kappa shape index (κ2) is 6.62. The number of carbonyl (C=O) groups excluding carboxylic acids is 1. The molecule has 8 nitrogen and oxygen atoms in total. The zero-order chi connectivity index (χ0) is 18.1. The second-order valence-corrected chi connectivity index (χ2v) is 6.35. The summed E-state index contributed by atoms with van der Waals surface area (Å²) in [5.41, 5.74) is 7.31. The van der Waals surface area contributed by atoms with Gasteiger partial charge in [0.1, 0.15) is 17.3 Å². The van der Waals surface area contributed by atoms with Gasteiger partial charge in [-0.15, -0.1) is 0 Å². The number of nitrogens with zero attached hydrogens (tertiary/aromatic N) is 5. The molecular formula is C18H20N6O2. The highest BCUT2D eigenvalue weighted by molar-refractivity contribution is 5.75. The Balaban J connectivity index is 1.78. The number of amides is 1. The van der Waals surface area contributed by atoms with Gasteiger partial charge in [0.15, 0.2) is 5.82 Å². The van der Waals surface area contributed by atoms with Crippen molar-refractivity contribution in [2.24, 2.45) is 5.73 Å². The van der Waals surface area contributed by atoms with E-state index in [4.69, 9.17) is 10.5 Å². The molecule has 0 spiro atoms. The molecule has 0 saturated carbocycles. The lowest BCUT2D eigenvalue weighted by molar-refractivity contribution is -0.117. The van der Waals surface area contributed by atoms with Gasteiger partial charge >= 0.3 is 0 Å². The maximum Gasteiger partial charge on any atom is 0.225 e.